The highest BCUT2D eigenvalue weighted by Crippen LogP contribution is 2.15. The first-order valence-corrected chi connectivity index (χ1v) is 5.96. The van der Waals surface area contributed by atoms with Gasteiger partial charge in [0.25, 0.3) is 0 Å². The monoisotopic (exact) mass is 255 g/mol. The lowest BCUT2D eigenvalue weighted by Gasteiger charge is -2.19. The van der Waals surface area contributed by atoms with E-state index in [4.69, 9.17) is 16.3 Å². The molecule has 0 atom stereocenters. The number of ether oxygens (including phenoxy) is 1. The van der Waals surface area contributed by atoms with Crippen LogP contribution in [0.1, 0.15) is 27.2 Å². The Hall–Kier alpha value is -1.22. The molecule has 0 aliphatic heterocycles. The molecule has 17 heavy (non-hydrogen) atoms. The fourth-order valence-electron chi connectivity index (χ4n) is 1.30. The average molecular weight is 256 g/mol. The van der Waals surface area contributed by atoms with E-state index in [1.54, 1.807) is 6.07 Å². The fraction of sp³-hybridized carbons (Fsp3) is 0.462. The lowest BCUT2D eigenvalue weighted by molar-refractivity contribution is -0.154. The molecule has 0 saturated heterocycles. The third-order valence-corrected chi connectivity index (χ3v) is 2.14. The number of halogens is 1. The molecule has 0 aliphatic rings. The van der Waals surface area contributed by atoms with Gasteiger partial charge in [-0.15, -0.1) is 0 Å². The van der Waals surface area contributed by atoms with Gasteiger partial charge in [-0.2, -0.15) is 0 Å². The van der Waals surface area contributed by atoms with Gasteiger partial charge in [0.05, 0.1) is 6.42 Å². The highest BCUT2D eigenvalue weighted by atomic mass is 35.5. The van der Waals surface area contributed by atoms with Crippen molar-refractivity contribution in [3.05, 3.63) is 29.3 Å². The Kier molecular flexibility index (Phi) is 4.82. The van der Waals surface area contributed by atoms with Crippen molar-refractivity contribution < 1.29 is 9.53 Å². The van der Waals surface area contributed by atoms with Gasteiger partial charge in [-0.3, -0.25) is 4.79 Å². The van der Waals surface area contributed by atoms with E-state index < -0.39 is 5.60 Å². The molecular formula is C13H18ClNO2. The van der Waals surface area contributed by atoms with Crippen molar-refractivity contribution in [2.75, 3.05) is 11.9 Å². The van der Waals surface area contributed by atoms with E-state index in [-0.39, 0.29) is 5.97 Å². The van der Waals surface area contributed by atoms with Crippen LogP contribution in [0.15, 0.2) is 24.3 Å². The van der Waals surface area contributed by atoms with Crippen LogP contribution >= 0.6 is 11.6 Å². The van der Waals surface area contributed by atoms with Crippen LogP contribution in [0.25, 0.3) is 0 Å². The van der Waals surface area contributed by atoms with Crippen LogP contribution in [-0.4, -0.2) is 18.1 Å². The van der Waals surface area contributed by atoms with Gasteiger partial charge in [0.1, 0.15) is 5.60 Å². The van der Waals surface area contributed by atoms with Crippen LogP contribution in [0.5, 0.6) is 0 Å². The SMILES string of the molecule is CC(C)(C)OC(=O)CCNc1cccc(Cl)c1. The van der Waals surface area contributed by atoms with E-state index in [0.29, 0.717) is 18.0 Å². The van der Waals surface area contributed by atoms with Crippen molar-refractivity contribution in [3.63, 3.8) is 0 Å². The summed E-state index contributed by atoms with van der Waals surface area (Å²) in [5, 5.41) is 3.79. The van der Waals surface area contributed by atoms with Crippen LogP contribution in [0.4, 0.5) is 5.69 Å². The standard InChI is InChI=1S/C13H18ClNO2/c1-13(2,3)17-12(16)7-8-15-11-6-4-5-10(14)9-11/h4-6,9,15H,7-8H2,1-3H3. The predicted molar refractivity (Wildman–Crippen MR) is 70.4 cm³/mol. The summed E-state index contributed by atoms with van der Waals surface area (Å²) < 4.78 is 5.19. The van der Waals surface area contributed by atoms with Gasteiger partial charge in [0.15, 0.2) is 0 Å². The molecule has 0 spiro atoms. The van der Waals surface area contributed by atoms with Crippen molar-refractivity contribution in [1.82, 2.24) is 0 Å². The minimum atomic E-state index is -0.423. The summed E-state index contributed by atoms with van der Waals surface area (Å²) in [5.41, 5.74) is 0.480. The molecule has 3 nitrogen and oxygen atoms in total. The number of rotatable bonds is 4. The van der Waals surface area contributed by atoms with Gasteiger partial charge in [-0.1, -0.05) is 17.7 Å². The smallest absolute Gasteiger partial charge is 0.308 e. The number of esters is 1. The minimum absolute atomic E-state index is 0.202. The first-order chi connectivity index (χ1) is 7.87. The zero-order valence-corrected chi connectivity index (χ0v) is 11.2. The molecule has 0 fully saturated rings. The summed E-state index contributed by atoms with van der Waals surface area (Å²) in [5.74, 6) is -0.202. The lowest BCUT2D eigenvalue weighted by atomic mass is 10.2. The minimum Gasteiger partial charge on any atom is -0.460 e. The van der Waals surface area contributed by atoms with Crippen molar-refractivity contribution in [3.8, 4) is 0 Å². The largest absolute Gasteiger partial charge is 0.460 e. The average Bonchev–Trinajstić information content (AvgIpc) is 2.14. The molecular weight excluding hydrogens is 238 g/mol. The Bertz CT molecular complexity index is 385. The van der Waals surface area contributed by atoms with Gasteiger partial charge in [0, 0.05) is 17.3 Å². The first-order valence-electron chi connectivity index (χ1n) is 5.58. The van der Waals surface area contributed by atoms with Gasteiger partial charge in [0.2, 0.25) is 0 Å². The number of nitrogens with one attached hydrogen (secondary N) is 1. The van der Waals surface area contributed by atoms with E-state index in [9.17, 15) is 4.79 Å². The van der Waals surface area contributed by atoms with Gasteiger partial charge in [-0.05, 0) is 39.0 Å². The van der Waals surface area contributed by atoms with Crippen molar-refractivity contribution in [2.45, 2.75) is 32.8 Å². The van der Waals surface area contributed by atoms with E-state index in [0.717, 1.165) is 5.69 Å². The first kappa shape index (κ1) is 13.8. The second kappa shape index (κ2) is 5.92. The molecule has 0 bridgehead atoms. The Morgan fingerprint density at radius 1 is 1.41 bits per heavy atom. The second-order valence-electron chi connectivity index (χ2n) is 4.77. The maximum atomic E-state index is 11.4. The third-order valence-electron chi connectivity index (χ3n) is 1.90. The summed E-state index contributed by atoms with van der Waals surface area (Å²) >= 11 is 5.84. The summed E-state index contributed by atoms with van der Waals surface area (Å²) in [6.45, 7) is 6.11. The second-order valence-corrected chi connectivity index (χ2v) is 5.21. The maximum absolute atomic E-state index is 11.4. The Labute approximate surface area is 107 Å². The molecule has 4 heteroatoms. The number of carbonyl (C=O) groups is 1. The van der Waals surface area contributed by atoms with E-state index in [2.05, 4.69) is 5.32 Å². The molecule has 0 radical (unpaired) electrons. The molecule has 1 rings (SSSR count). The summed E-state index contributed by atoms with van der Waals surface area (Å²) in [4.78, 5) is 11.4. The molecule has 0 heterocycles. The van der Waals surface area contributed by atoms with Crippen LogP contribution < -0.4 is 5.32 Å². The van der Waals surface area contributed by atoms with Gasteiger partial charge >= 0.3 is 5.97 Å². The number of carbonyl (C=O) groups excluding carboxylic acids is 1. The van der Waals surface area contributed by atoms with Crippen LogP contribution in [0, 0.1) is 0 Å². The van der Waals surface area contributed by atoms with Crippen molar-refractivity contribution >= 4 is 23.3 Å². The van der Waals surface area contributed by atoms with Crippen LogP contribution in [0.3, 0.4) is 0 Å². The number of hydrogen-bond donors (Lipinski definition) is 1. The van der Waals surface area contributed by atoms with Gasteiger partial charge in [-0.25, -0.2) is 0 Å². The zero-order chi connectivity index (χ0) is 12.9. The molecule has 0 unspecified atom stereocenters. The quantitative estimate of drug-likeness (QED) is 0.837. The third kappa shape index (κ3) is 6.17. The Morgan fingerprint density at radius 2 is 2.12 bits per heavy atom. The molecule has 0 aromatic heterocycles. The van der Waals surface area contributed by atoms with Crippen molar-refractivity contribution in [2.24, 2.45) is 0 Å². The summed E-state index contributed by atoms with van der Waals surface area (Å²) in [7, 11) is 0. The normalized spacial score (nSPS) is 11.1. The molecule has 0 saturated carbocycles. The molecule has 0 amide bonds. The van der Waals surface area contributed by atoms with E-state index in [1.165, 1.54) is 0 Å². The van der Waals surface area contributed by atoms with E-state index in [1.807, 2.05) is 39.0 Å². The molecule has 0 aliphatic carbocycles. The fourth-order valence-corrected chi connectivity index (χ4v) is 1.49. The van der Waals surface area contributed by atoms with E-state index >= 15 is 0 Å². The highest BCUT2D eigenvalue weighted by Gasteiger charge is 2.15. The molecule has 1 N–H and O–H groups in total. The van der Waals surface area contributed by atoms with Gasteiger partial charge < -0.3 is 10.1 Å². The number of anilines is 1. The summed E-state index contributed by atoms with van der Waals surface area (Å²) in [6.07, 6.45) is 0.337. The molecule has 1 aromatic rings. The Balaban J connectivity index is 2.31. The van der Waals surface area contributed by atoms with Crippen LogP contribution in [0.2, 0.25) is 5.02 Å². The zero-order valence-electron chi connectivity index (χ0n) is 10.4. The predicted octanol–water partition coefficient (Wildman–Crippen LogP) is 3.48. The number of hydrogen-bond acceptors (Lipinski definition) is 3. The molecule has 94 valence electrons. The summed E-state index contributed by atoms with van der Waals surface area (Å²) in [6, 6.07) is 7.39. The Morgan fingerprint density at radius 3 is 2.71 bits per heavy atom. The van der Waals surface area contributed by atoms with Crippen LogP contribution in [-0.2, 0) is 9.53 Å². The molecule has 1 aromatic carbocycles. The lowest BCUT2D eigenvalue weighted by Crippen LogP contribution is -2.25. The topological polar surface area (TPSA) is 38.3 Å². The van der Waals surface area contributed by atoms with Crippen molar-refractivity contribution in [1.29, 1.82) is 0 Å². The number of benzene rings is 1. The maximum Gasteiger partial charge on any atom is 0.308 e. The highest BCUT2D eigenvalue weighted by molar-refractivity contribution is 6.30.